The molecule has 1 unspecified atom stereocenters. The number of carbonyl (C=O) groups is 1. The van der Waals surface area contributed by atoms with Crippen LogP contribution in [-0.4, -0.2) is 20.6 Å². The topological polar surface area (TPSA) is 55.1 Å². The fraction of sp³-hybridized carbons (Fsp3) is 0.600. The molecule has 0 saturated heterocycles. The Hall–Kier alpha value is -1.32. The number of imidazole rings is 1. The van der Waals surface area contributed by atoms with Crippen LogP contribution in [0.3, 0.4) is 0 Å². The third kappa shape index (κ3) is 1.22. The lowest BCUT2D eigenvalue weighted by molar-refractivity contribution is -0.139. The maximum absolute atomic E-state index is 11.0. The minimum atomic E-state index is -0.728. The van der Waals surface area contributed by atoms with Crippen molar-refractivity contribution in [1.29, 1.82) is 0 Å². The van der Waals surface area contributed by atoms with E-state index < -0.39 is 5.97 Å². The predicted molar refractivity (Wildman–Crippen MR) is 51.3 cm³/mol. The fourth-order valence-electron chi connectivity index (χ4n) is 2.28. The standard InChI is InChI=1S/C10H14N2O2/c1-6-9-8(10(13)14)4-3-5-12(9)7(2)11-6/h8H,3-5H2,1-2H3,(H,13,14). The first-order chi connectivity index (χ1) is 6.61. The lowest BCUT2D eigenvalue weighted by Crippen LogP contribution is -2.22. The number of carboxylic acids is 1. The summed E-state index contributed by atoms with van der Waals surface area (Å²) in [6, 6.07) is 0. The summed E-state index contributed by atoms with van der Waals surface area (Å²) in [6.45, 7) is 4.73. The van der Waals surface area contributed by atoms with Gasteiger partial charge in [-0.2, -0.15) is 0 Å². The van der Waals surface area contributed by atoms with Gasteiger partial charge < -0.3 is 9.67 Å². The molecule has 2 heterocycles. The monoisotopic (exact) mass is 194 g/mol. The number of fused-ring (bicyclic) bond motifs is 1. The zero-order valence-electron chi connectivity index (χ0n) is 8.45. The molecule has 1 aliphatic rings. The van der Waals surface area contributed by atoms with Crippen LogP contribution >= 0.6 is 0 Å². The van der Waals surface area contributed by atoms with Crippen LogP contribution in [0.15, 0.2) is 0 Å². The van der Waals surface area contributed by atoms with Gasteiger partial charge in [0.2, 0.25) is 0 Å². The Morgan fingerprint density at radius 2 is 2.29 bits per heavy atom. The summed E-state index contributed by atoms with van der Waals surface area (Å²) in [5.41, 5.74) is 1.77. The number of hydrogen-bond acceptors (Lipinski definition) is 2. The molecule has 0 aromatic carbocycles. The zero-order valence-corrected chi connectivity index (χ0v) is 8.45. The van der Waals surface area contributed by atoms with Crippen LogP contribution in [0, 0.1) is 13.8 Å². The van der Waals surface area contributed by atoms with Gasteiger partial charge in [-0.1, -0.05) is 0 Å². The normalized spacial score (nSPS) is 20.6. The minimum absolute atomic E-state index is 0.357. The van der Waals surface area contributed by atoms with E-state index in [1.165, 1.54) is 0 Å². The molecular formula is C10H14N2O2. The van der Waals surface area contributed by atoms with Crippen molar-refractivity contribution < 1.29 is 9.90 Å². The molecule has 0 aliphatic carbocycles. The third-order valence-corrected chi connectivity index (χ3v) is 2.88. The van der Waals surface area contributed by atoms with Crippen molar-refractivity contribution in [3.8, 4) is 0 Å². The van der Waals surface area contributed by atoms with Crippen molar-refractivity contribution in [3.05, 3.63) is 17.2 Å². The highest BCUT2D eigenvalue weighted by atomic mass is 16.4. The van der Waals surface area contributed by atoms with E-state index >= 15 is 0 Å². The first-order valence-electron chi connectivity index (χ1n) is 4.87. The molecule has 0 fully saturated rings. The Bertz CT molecular complexity index is 382. The lowest BCUT2D eigenvalue weighted by Gasteiger charge is -2.22. The number of aryl methyl sites for hydroxylation is 2. The van der Waals surface area contributed by atoms with Crippen molar-refractivity contribution >= 4 is 5.97 Å². The summed E-state index contributed by atoms with van der Waals surface area (Å²) in [5.74, 6) is -0.151. The van der Waals surface area contributed by atoms with Gasteiger partial charge in [-0.15, -0.1) is 0 Å². The van der Waals surface area contributed by atoms with Gasteiger partial charge in [0.05, 0.1) is 17.3 Å². The summed E-state index contributed by atoms with van der Waals surface area (Å²) < 4.78 is 2.04. The maximum Gasteiger partial charge on any atom is 0.312 e. The van der Waals surface area contributed by atoms with Crippen molar-refractivity contribution in [2.75, 3.05) is 0 Å². The van der Waals surface area contributed by atoms with E-state index in [0.29, 0.717) is 0 Å². The average Bonchev–Trinajstić information content (AvgIpc) is 2.43. The highest BCUT2D eigenvalue weighted by Crippen LogP contribution is 2.30. The molecule has 14 heavy (non-hydrogen) atoms. The molecule has 1 aromatic rings. The summed E-state index contributed by atoms with van der Waals surface area (Å²) in [5, 5.41) is 9.08. The number of rotatable bonds is 1. The van der Waals surface area contributed by atoms with Gasteiger partial charge in [-0.3, -0.25) is 4.79 Å². The fourth-order valence-corrected chi connectivity index (χ4v) is 2.28. The molecule has 0 spiro atoms. The van der Waals surface area contributed by atoms with Gasteiger partial charge in [0.25, 0.3) is 0 Å². The predicted octanol–water partition coefficient (Wildman–Crippen LogP) is 1.46. The Labute approximate surface area is 82.6 Å². The van der Waals surface area contributed by atoms with E-state index in [-0.39, 0.29) is 5.92 Å². The number of nitrogens with zero attached hydrogens (tertiary/aromatic N) is 2. The van der Waals surface area contributed by atoms with Crippen molar-refractivity contribution in [2.45, 2.75) is 39.2 Å². The second kappa shape index (κ2) is 3.12. The van der Waals surface area contributed by atoms with Gasteiger partial charge in [-0.25, -0.2) is 4.98 Å². The minimum Gasteiger partial charge on any atom is -0.481 e. The van der Waals surface area contributed by atoms with E-state index in [9.17, 15) is 4.79 Å². The van der Waals surface area contributed by atoms with E-state index in [2.05, 4.69) is 4.98 Å². The van der Waals surface area contributed by atoms with Crippen LogP contribution in [0.4, 0.5) is 0 Å². The van der Waals surface area contributed by atoms with Gasteiger partial charge in [0, 0.05) is 6.54 Å². The van der Waals surface area contributed by atoms with Gasteiger partial charge in [0.1, 0.15) is 5.82 Å². The van der Waals surface area contributed by atoms with Gasteiger partial charge in [-0.05, 0) is 26.7 Å². The van der Waals surface area contributed by atoms with E-state index in [4.69, 9.17) is 5.11 Å². The Morgan fingerprint density at radius 1 is 1.57 bits per heavy atom. The number of aliphatic carboxylic acids is 1. The largest absolute Gasteiger partial charge is 0.481 e. The van der Waals surface area contributed by atoms with Crippen LogP contribution in [-0.2, 0) is 11.3 Å². The SMILES string of the molecule is Cc1nc(C)n2c1C(C(=O)O)CCC2. The molecule has 4 heteroatoms. The molecule has 76 valence electrons. The molecule has 4 nitrogen and oxygen atoms in total. The molecular weight excluding hydrogens is 180 g/mol. The molecule has 1 aliphatic heterocycles. The smallest absolute Gasteiger partial charge is 0.312 e. The summed E-state index contributed by atoms with van der Waals surface area (Å²) in [4.78, 5) is 15.4. The first-order valence-corrected chi connectivity index (χ1v) is 4.87. The van der Waals surface area contributed by atoms with Crippen molar-refractivity contribution in [3.63, 3.8) is 0 Å². The van der Waals surface area contributed by atoms with Gasteiger partial charge >= 0.3 is 5.97 Å². The van der Waals surface area contributed by atoms with Crippen LogP contribution < -0.4 is 0 Å². The molecule has 1 N–H and O–H groups in total. The lowest BCUT2D eigenvalue weighted by atomic mass is 9.95. The van der Waals surface area contributed by atoms with E-state index in [1.807, 2.05) is 18.4 Å². The highest BCUT2D eigenvalue weighted by Gasteiger charge is 2.29. The van der Waals surface area contributed by atoms with Crippen LogP contribution in [0.2, 0.25) is 0 Å². The molecule has 2 rings (SSSR count). The summed E-state index contributed by atoms with van der Waals surface area (Å²) in [7, 11) is 0. The molecule has 1 atom stereocenters. The Balaban J connectivity index is 2.53. The molecule has 0 radical (unpaired) electrons. The molecule has 0 amide bonds. The molecule has 0 bridgehead atoms. The Morgan fingerprint density at radius 3 is 2.93 bits per heavy atom. The second-order valence-electron chi connectivity index (χ2n) is 3.81. The number of aromatic nitrogens is 2. The van der Waals surface area contributed by atoms with Crippen molar-refractivity contribution in [1.82, 2.24) is 9.55 Å². The quantitative estimate of drug-likeness (QED) is 0.736. The zero-order chi connectivity index (χ0) is 10.3. The van der Waals surface area contributed by atoms with E-state index in [0.717, 1.165) is 36.6 Å². The van der Waals surface area contributed by atoms with Crippen LogP contribution in [0.25, 0.3) is 0 Å². The first kappa shape index (κ1) is 9.24. The van der Waals surface area contributed by atoms with Crippen LogP contribution in [0.1, 0.15) is 36.0 Å². The Kier molecular flexibility index (Phi) is 2.06. The summed E-state index contributed by atoms with van der Waals surface area (Å²) in [6.07, 6.45) is 1.67. The van der Waals surface area contributed by atoms with Gasteiger partial charge in [0.15, 0.2) is 0 Å². The maximum atomic E-state index is 11.0. The second-order valence-corrected chi connectivity index (χ2v) is 3.81. The average molecular weight is 194 g/mol. The van der Waals surface area contributed by atoms with Crippen LogP contribution in [0.5, 0.6) is 0 Å². The number of hydrogen-bond donors (Lipinski definition) is 1. The highest BCUT2D eigenvalue weighted by molar-refractivity contribution is 5.76. The molecule has 0 saturated carbocycles. The number of carboxylic acid groups (broad SMARTS) is 1. The van der Waals surface area contributed by atoms with E-state index in [1.54, 1.807) is 0 Å². The molecule has 1 aromatic heterocycles. The summed E-state index contributed by atoms with van der Waals surface area (Å²) >= 11 is 0. The third-order valence-electron chi connectivity index (χ3n) is 2.88. The van der Waals surface area contributed by atoms with Crippen molar-refractivity contribution in [2.24, 2.45) is 0 Å².